The third-order valence-corrected chi connectivity index (χ3v) is 3.86. The molecule has 0 fully saturated rings. The lowest BCUT2D eigenvalue weighted by molar-refractivity contribution is 0.145. The highest BCUT2D eigenvalue weighted by molar-refractivity contribution is 14.1. The van der Waals surface area contributed by atoms with E-state index < -0.39 is 0 Å². The molecule has 0 saturated heterocycles. The highest BCUT2D eigenvalue weighted by Gasteiger charge is 2.16. The molecule has 4 nitrogen and oxygen atoms in total. The highest BCUT2D eigenvalue weighted by Crippen LogP contribution is 2.29. The SMILES string of the molecule is COCCOc1ccccc1C(NN)c1ccc(I)cc1. The summed E-state index contributed by atoms with van der Waals surface area (Å²) in [5, 5.41) is 0. The van der Waals surface area contributed by atoms with E-state index in [-0.39, 0.29) is 6.04 Å². The van der Waals surface area contributed by atoms with Crippen LogP contribution in [0, 0.1) is 3.57 Å². The molecule has 2 aromatic rings. The van der Waals surface area contributed by atoms with Gasteiger partial charge in [-0.05, 0) is 46.4 Å². The van der Waals surface area contributed by atoms with E-state index >= 15 is 0 Å². The van der Waals surface area contributed by atoms with Crippen molar-refractivity contribution in [2.24, 2.45) is 5.84 Å². The number of rotatable bonds is 7. The molecule has 3 N–H and O–H groups in total. The van der Waals surface area contributed by atoms with Crippen molar-refractivity contribution in [3.8, 4) is 5.75 Å². The number of halogens is 1. The van der Waals surface area contributed by atoms with Crippen LogP contribution in [0.3, 0.4) is 0 Å². The van der Waals surface area contributed by atoms with Crippen molar-refractivity contribution in [3.63, 3.8) is 0 Å². The first kappa shape index (κ1) is 16.2. The molecule has 0 saturated carbocycles. The van der Waals surface area contributed by atoms with Gasteiger partial charge in [-0.15, -0.1) is 0 Å². The molecule has 21 heavy (non-hydrogen) atoms. The molecular weight excluding hydrogens is 379 g/mol. The maximum Gasteiger partial charge on any atom is 0.124 e. The summed E-state index contributed by atoms with van der Waals surface area (Å²) in [5.74, 6) is 6.58. The summed E-state index contributed by atoms with van der Waals surface area (Å²) in [6.45, 7) is 1.07. The summed E-state index contributed by atoms with van der Waals surface area (Å²) in [4.78, 5) is 0. The Morgan fingerprint density at radius 1 is 1.10 bits per heavy atom. The molecule has 0 aliphatic carbocycles. The van der Waals surface area contributed by atoms with Crippen LogP contribution in [-0.2, 0) is 4.74 Å². The Labute approximate surface area is 138 Å². The van der Waals surface area contributed by atoms with Crippen LogP contribution < -0.4 is 16.0 Å². The van der Waals surface area contributed by atoms with Gasteiger partial charge >= 0.3 is 0 Å². The normalized spacial score (nSPS) is 12.1. The number of hydrogen-bond acceptors (Lipinski definition) is 4. The van der Waals surface area contributed by atoms with Crippen LogP contribution in [0.2, 0.25) is 0 Å². The van der Waals surface area contributed by atoms with Crippen molar-refractivity contribution in [2.45, 2.75) is 6.04 Å². The van der Waals surface area contributed by atoms with Gasteiger partial charge in [0.15, 0.2) is 0 Å². The Balaban J connectivity index is 2.27. The summed E-state index contributed by atoms with van der Waals surface area (Å²) < 4.78 is 12.0. The van der Waals surface area contributed by atoms with E-state index in [1.807, 2.05) is 24.3 Å². The van der Waals surface area contributed by atoms with Gasteiger partial charge in [0, 0.05) is 16.2 Å². The van der Waals surface area contributed by atoms with Gasteiger partial charge in [0.25, 0.3) is 0 Å². The molecule has 0 bridgehead atoms. The van der Waals surface area contributed by atoms with Gasteiger partial charge in [0.2, 0.25) is 0 Å². The summed E-state index contributed by atoms with van der Waals surface area (Å²) in [6.07, 6.45) is 0. The molecule has 0 aliphatic heterocycles. The second-order valence-corrected chi connectivity index (χ2v) is 5.78. The lowest BCUT2D eigenvalue weighted by atomic mass is 9.98. The van der Waals surface area contributed by atoms with E-state index in [0.29, 0.717) is 13.2 Å². The summed E-state index contributed by atoms with van der Waals surface area (Å²) in [6, 6.07) is 16.1. The zero-order valence-corrected chi connectivity index (χ0v) is 14.0. The van der Waals surface area contributed by atoms with Gasteiger partial charge in [-0.2, -0.15) is 0 Å². The minimum absolute atomic E-state index is 0.110. The molecule has 0 aromatic heterocycles. The molecular formula is C16H19IN2O2. The fourth-order valence-electron chi connectivity index (χ4n) is 2.11. The maximum absolute atomic E-state index is 5.78. The van der Waals surface area contributed by atoms with Gasteiger partial charge in [0.05, 0.1) is 12.6 Å². The van der Waals surface area contributed by atoms with Gasteiger partial charge in [-0.1, -0.05) is 30.3 Å². The number of para-hydroxylation sites is 1. The van der Waals surface area contributed by atoms with E-state index in [0.717, 1.165) is 16.9 Å². The van der Waals surface area contributed by atoms with Gasteiger partial charge in [-0.25, -0.2) is 5.43 Å². The standard InChI is InChI=1S/C16H19IN2O2/c1-20-10-11-21-15-5-3-2-4-14(15)16(19-18)12-6-8-13(17)9-7-12/h2-9,16,19H,10-11,18H2,1H3. The number of hydrazine groups is 1. The Kier molecular flexibility index (Phi) is 6.44. The molecule has 0 aliphatic rings. The maximum atomic E-state index is 5.78. The van der Waals surface area contributed by atoms with Crippen LogP contribution in [0.25, 0.3) is 0 Å². The van der Waals surface area contributed by atoms with E-state index in [1.165, 1.54) is 3.57 Å². The topological polar surface area (TPSA) is 56.5 Å². The fourth-order valence-corrected chi connectivity index (χ4v) is 2.47. The van der Waals surface area contributed by atoms with Gasteiger partial charge in [0.1, 0.15) is 12.4 Å². The second kappa shape index (κ2) is 8.33. The predicted octanol–water partition coefficient (Wildman–Crippen LogP) is 2.87. The molecule has 5 heteroatoms. The first-order chi connectivity index (χ1) is 10.3. The Morgan fingerprint density at radius 3 is 2.48 bits per heavy atom. The monoisotopic (exact) mass is 398 g/mol. The van der Waals surface area contributed by atoms with Crippen LogP contribution in [0.4, 0.5) is 0 Å². The number of benzene rings is 2. The fraction of sp³-hybridized carbons (Fsp3) is 0.250. The lowest BCUT2D eigenvalue weighted by Gasteiger charge is -2.20. The smallest absolute Gasteiger partial charge is 0.124 e. The minimum Gasteiger partial charge on any atom is -0.491 e. The molecule has 0 spiro atoms. The van der Waals surface area contributed by atoms with Crippen LogP contribution in [0.15, 0.2) is 48.5 Å². The molecule has 1 atom stereocenters. The van der Waals surface area contributed by atoms with Crippen molar-refractivity contribution in [2.75, 3.05) is 20.3 Å². The molecule has 2 rings (SSSR count). The van der Waals surface area contributed by atoms with Gasteiger partial charge in [-0.3, -0.25) is 5.84 Å². The molecule has 112 valence electrons. The number of hydrogen-bond donors (Lipinski definition) is 2. The predicted molar refractivity (Wildman–Crippen MR) is 92.1 cm³/mol. The lowest BCUT2D eigenvalue weighted by Crippen LogP contribution is -2.29. The molecule has 1 unspecified atom stereocenters. The van der Waals surface area contributed by atoms with Crippen molar-refractivity contribution in [3.05, 3.63) is 63.2 Å². The van der Waals surface area contributed by atoms with Crippen LogP contribution in [0.1, 0.15) is 17.2 Å². The van der Waals surface area contributed by atoms with Crippen molar-refractivity contribution >= 4 is 22.6 Å². The third kappa shape index (κ3) is 4.41. The molecule has 0 heterocycles. The number of nitrogens with one attached hydrogen (secondary N) is 1. The largest absolute Gasteiger partial charge is 0.491 e. The quantitative estimate of drug-likeness (QED) is 0.326. The molecule has 0 radical (unpaired) electrons. The van der Waals surface area contributed by atoms with Crippen molar-refractivity contribution < 1.29 is 9.47 Å². The Morgan fingerprint density at radius 2 is 1.81 bits per heavy atom. The van der Waals surface area contributed by atoms with E-state index in [1.54, 1.807) is 7.11 Å². The first-order valence-electron chi connectivity index (χ1n) is 6.68. The number of ether oxygens (including phenoxy) is 2. The van der Waals surface area contributed by atoms with Crippen molar-refractivity contribution in [1.29, 1.82) is 0 Å². The van der Waals surface area contributed by atoms with E-state index in [2.05, 4.69) is 52.3 Å². The summed E-state index contributed by atoms with van der Waals surface area (Å²) >= 11 is 2.29. The van der Waals surface area contributed by atoms with Crippen LogP contribution in [0.5, 0.6) is 5.75 Å². The first-order valence-corrected chi connectivity index (χ1v) is 7.76. The second-order valence-electron chi connectivity index (χ2n) is 4.53. The minimum atomic E-state index is -0.110. The highest BCUT2D eigenvalue weighted by atomic mass is 127. The van der Waals surface area contributed by atoms with Gasteiger partial charge < -0.3 is 9.47 Å². The Hall–Kier alpha value is -1.15. The third-order valence-electron chi connectivity index (χ3n) is 3.15. The summed E-state index contributed by atoms with van der Waals surface area (Å²) in [7, 11) is 1.66. The number of methoxy groups -OCH3 is 1. The summed E-state index contributed by atoms with van der Waals surface area (Å²) in [5.41, 5.74) is 4.98. The van der Waals surface area contributed by atoms with Crippen molar-refractivity contribution in [1.82, 2.24) is 5.43 Å². The van der Waals surface area contributed by atoms with Crippen LogP contribution in [-0.4, -0.2) is 20.3 Å². The van der Waals surface area contributed by atoms with Crippen LogP contribution >= 0.6 is 22.6 Å². The average molecular weight is 398 g/mol. The zero-order chi connectivity index (χ0) is 15.1. The Bertz CT molecular complexity index is 560. The molecule has 0 amide bonds. The average Bonchev–Trinajstić information content (AvgIpc) is 2.51. The molecule has 2 aromatic carbocycles. The van der Waals surface area contributed by atoms with E-state index in [4.69, 9.17) is 15.3 Å². The van der Waals surface area contributed by atoms with E-state index in [9.17, 15) is 0 Å². The zero-order valence-electron chi connectivity index (χ0n) is 11.9. The number of nitrogens with two attached hydrogens (primary N) is 1.